The highest BCUT2D eigenvalue weighted by Gasteiger charge is 2.56. The lowest BCUT2D eigenvalue weighted by molar-refractivity contribution is -0.141. The maximum Gasteiger partial charge on any atom is 0.227 e. The third-order valence-corrected chi connectivity index (χ3v) is 5.13. The largest absolute Gasteiger partial charge is 0.281 e. The van der Waals surface area contributed by atoms with Crippen LogP contribution >= 0.6 is 34.8 Å². The van der Waals surface area contributed by atoms with E-state index >= 15 is 0 Å². The minimum atomic E-state index is -0.974. The number of rotatable bonds is 3. The van der Waals surface area contributed by atoms with Crippen molar-refractivity contribution in [3.63, 3.8) is 0 Å². The summed E-state index contributed by atoms with van der Waals surface area (Å²) in [6, 6.07) is 0. The number of carbonyl (C=O) groups excluding carboxylic acids is 3. The molecule has 3 nitrogen and oxygen atoms in total. The molecule has 1 aliphatic carbocycles. The smallest absolute Gasteiger partial charge is 0.227 e. The van der Waals surface area contributed by atoms with E-state index < -0.39 is 32.0 Å². The predicted octanol–water partition coefficient (Wildman–Crippen LogP) is 3.49. The molecular formula is C12H15Cl3O3. The normalized spacial score (nSPS) is 40.3. The van der Waals surface area contributed by atoms with Crippen molar-refractivity contribution in [2.75, 3.05) is 0 Å². The Kier molecular flexibility index (Phi) is 4.22. The van der Waals surface area contributed by atoms with Crippen molar-refractivity contribution in [3.05, 3.63) is 0 Å². The maximum atomic E-state index is 11.6. The van der Waals surface area contributed by atoms with Gasteiger partial charge in [-0.1, -0.05) is 20.8 Å². The molecule has 0 spiro atoms. The molecule has 0 bridgehead atoms. The zero-order chi connectivity index (χ0) is 14.4. The van der Waals surface area contributed by atoms with Crippen molar-refractivity contribution >= 4 is 50.5 Å². The van der Waals surface area contributed by atoms with E-state index in [1.807, 2.05) is 0 Å². The van der Waals surface area contributed by atoms with Gasteiger partial charge in [0.2, 0.25) is 15.7 Å². The molecule has 1 saturated carbocycles. The minimum Gasteiger partial charge on any atom is -0.281 e. The minimum absolute atomic E-state index is 0.227. The average molecular weight is 314 g/mol. The van der Waals surface area contributed by atoms with Gasteiger partial charge in [-0.3, -0.25) is 14.4 Å². The molecule has 0 aromatic heterocycles. The second-order valence-corrected chi connectivity index (χ2v) is 7.06. The van der Waals surface area contributed by atoms with Crippen molar-refractivity contribution in [3.8, 4) is 0 Å². The van der Waals surface area contributed by atoms with Crippen LogP contribution in [0, 0.1) is 16.2 Å². The zero-order valence-corrected chi connectivity index (χ0v) is 12.7. The Morgan fingerprint density at radius 3 is 0.944 bits per heavy atom. The third-order valence-electron chi connectivity index (χ3n) is 3.76. The summed E-state index contributed by atoms with van der Waals surface area (Å²) in [5, 5.41) is -1.72. The van der Waals surface area contributed by atoms with Crippen LogP contribution in [0.1, 0.15) is 40.0 Å². The summed E-state index contributed by atoms with van der Waals surface area (Å²) in [5.74, 6) is 0. The van der Waals surface area contributed by atoms with Crippen LogP contribution in [0.25, 0.3) is 0 Å². The number of hydrogen-bond acceptors (Lipinski definition) is 3. The second-order valence-electron chi connectivity index (χ2n) is 6.03. The van der Waals surface area contributed by atoms with E-state index in [-0.39, 0.29) is 19.3 Å². The molecule has 0 heterocycles. The topological polar surface area (TPSA) is 51.2 Å². The second kappa shape index (κ2) is 4.77. The molecule has 0 aromatic rings. The van der Waals surface area contributed by atoms with Gasteiger partial charge < -0.3 is 0 Å². The zero-order valence-electron chi connectivity index (χ0n) is 10.5. The van der Waals surface area contributed by atoms with E-state index in [1.54, 1.807) is 20.8 Å². The Morgan fingerprint density at radius 1 is 0.667 bits per heavy atom. The van der Waals surface area contributed by atoms with E-state index in [1.165, 1.54) is 0 Å². The van der Waals surface area contributed by atoms with Crippen molar-refractivity contribution < 1.29 is 14.4 Å². The van der Waals surface area contributed by atoms with Crippen LogP contribution in [0.15, 0.2) is 0 Å². The molecule has 102 valence electrons. The Bertz CT molecular complexity index is 349. The van der Waals surface area contributed by atoms with Crippen LogP contribution in [0.2, 0.25) is 0 Å². The van der Waals surface area contributed by atoms with Gasteiger partial charge in [-0.25, -0.2) is 0 Å². The highest BCUT2D eigenvalue weighted by Crippen LogP contribution is 2.56. The first-order valence-electron chi connectivity index (χ1n) is 5.55. The van der Waals surface area contributed by atoms with Gasteiger partial charge >= 0.3 is 0 Å². The standard InChI is InChI=1S/C12H15Cl3O3/c1-10(7(13)16)4-11(2,8(14)17)6-12(3,5-10)9(15)18/h4-6H2,1-3H3. The molecular weight excluding hydrogens is 298 g/mol. The maximum absolute atomic E-state index is 11.6. The Hall–Kier alpha value is -0.120. The summed E-state index contributed by atoms with van der Waals surface area (Å²) in [6.07, 6.45) is 0.680. The number of carbonyl (C=O) groups is 3. The summed E-state index contributed by atoms with van der Waals surface area (Å²) in [6.45, 7) is 4.91. The quantitative estimate of drug-likeness (QED) is 0.749. The lowest BCUT2D eigenvalue weighted by atomic mass is 9.55. The summed E-state index contributed by atoms with van der Waals surface area (Å²) in [4.78, 5) is 34.8. The molecule has 0 radical (unpaired) electrons. The molecule has 0 amide bonds. The van der Waals surface area contributed by atoms with Gasteiger partial charge in [0, 0.05) is 16.2 Å². The Labute approximate surface area is 121 Å². The molecule has 1 aliphatic rings. The van der Waals surface area contributed by atoms with Gasteiger partial charge in [0.1, 0.15) is 0 Å². The lowest BCUT2D eigenvalue weighted by Crippen LogP contribution is -2.49. The van der Waals surface area contributed by atoms with Gasteiger partial charge in [-0.2, -0.15) is 0 Å². The molecule has 6 heteroatoms. The average Bonchev–Trinajstić information content (AvgIpc) is 2.14. The fourth-order valence-corrected chi connectivity index (χ4v) is 3.59. The molecule has 1 rings (SSSR count). The molecule has 0 unspecified atom stereocenters. The SMILES string of the molecule is CC1(C(=O)Cl)CC(C)(C(=O)Cl)CC(C)(C(=O)Cl)C1. The first kappa shape index (κ1) is 15.9. The van der Waals surface area contributed by atoms with Crippen LogP contribution < -0.4 is 0 Å². The third kappa shape index (κ3) is 2.73. The van der Waals surface area contributed by atoms with Crippen molar-refractivity contribution in [1.29, 1.82) is 0 Å². The Morgan fingerprint density at radius 2 is 0.833 bits per heavy atom. The van der Waals surface area contributed by atoms with E-state index in [0.717, 1.165) is 0 Å². The number of halogens is 3. The monoisotopic (exact) mass is 312 g/mol. The fourth-order valence-electron chi connectivity index (χ4n) is 3.19. The highest BCUT2D eigenvalue weighted by molar-refractivity contribution is 6.66. The molecule has 0 N–H and O–H groups in total. The summed E-state index contributed by atoms with van der Waals surface area (Å²) in [7, 11) is 0. The molecule has 1 fully saturated rings. The molecule has 0 aromatic carbocycles. The van der Waals surface area contributed by atoms with Crippen molar-refractivity contribution in [2.24, 2.45) is 16.2 Å². The summed E-state index contributed by atoms with van der Waals surface area (Å²) in [5.41, 5.74) is -2.92. The highest BCUT2D eigenvalue weighted by atomic mass is 35.5. The van der Waals surface area contributed by atoms with Gasteiger partial charge in [0.25, 0.3) is 0 Å². The van der Waals surface area contributed by atoms with E-state index in [4.69, 9.17) is 34.8 Å². The van der Waals surface area contributed by atoms with Crippen molar-refractivity contribution in [1.82, 2.24) is 0 Å². The van der Waals surface area contributed by atoms with E-state index in [2.05, 4.69) is 0 Å². The first-order chi connectivity index (χ1) is 7.95. The lowest BCUT2D eigenvalue weighted by Gasteiger charge is -2.48. The summed E-state index contributed by atoms with van der Waals surface area (Å²) < 4.78 is 0. The molecule has 18 heavy (non-hydrogen) atoms. The van der Waals surface area contributed by atoms with Crippen molar-refractivity contribution in [2.45, 2.75) is 40.0 Å². The molecule has 0 atom stereocenters. The first-order valence-corrected chi connectivity index (χ1v) is 6.68. The van der Waals surface area contributed by atoms with Crippen LogP contribution in [0.4, 0.5) is 0 Å². The van der Waals surface area contributed by atoms with Crippen LogP contribution in [-0.4, -0.2) is 15.7 Å². The van der Waals surface area contributed by atoms with Gasteiger partial charge in [0.05, 0.1) is 0 Å². The number of hydrogen-bond donors (Lipinski definition) is 0. The Balaban J connectivity index is 3.28. The van der Waals surface area contributed by atoms with Crippen LogP contribution in [-0.2, 0) is 14.4 Å². The van der Waals surface area contributed by atoms with Gasteiger partial charge in [-0.05, 0) is 54.1 Å². The van der Waals surface area contributed by atoms with Crippen LogP contribution in [0.3, 0.4) is 0 Å². The van der Waals surface area contributed by atoms with E-state index in [9.17, 15) is 14.4 Å². The fraction of sp³-hybridized carbons (Fsp3) is 0.750. The summed E-state index contributed by atoms with van der Waals surface area (Å²) >= 11 is 16.8. The molecule has 0 saturated heterocycles. The molecule has 0 aliphatic heterocycles. The van der Waals surface area contributed by atoms with Gasteiger partial charge in [-0.15, -0.1) is 0 Å². The van der Waals surface area contributed by atoms with Gasteiger partial charge in [0.15, 0.2) is 0 Å². The predicted molar refractivity (Wildman–Crippen MR) is 70.8 cm³/mol. The van der Waals surface area contributed by atoms with Crippen LogP contribution in [0.5, 0.6) is 0 Å². The van der Waals surface area contributed by atoms with E-state index in [0.29, 0.717) is 0 Å².